The third kappa shape index (κ3) is 6.67. The fourth-order valence-electron chi connectivity index (χ4n) is 4.06. The lowest BCUT2D eigenvalue weighted by molar-refractivity contribution is 0.0660. The van der Waals surface area contributed by atoms with Crippen LogP contribution in [0.3, 0.4) is 0 Å². The Morgan fingerprint density at radius 2 is 1.94 bits per heavy atom. The molecule has 2 heterocycles. The summed E-state index contributed by atoms with van der Waals surface area (Å²) in [6, 6.07) is 7.50. The van der Waals surface area contributed by atoms with E-state index in [0.717, 1.165) is 49.7 Å². The zero-order chi connectivity index (χ0) is 24.3. The Bertz CT molecular complexity index is 1020. The average Bonchev–Trinajstić information content (AvgIpc) is 3.29. The largest absolute Gasteiger partial charge is 0.381 e. The number of nitrogens with zero attached hydrogens (tertiary/aromatic N) is 2. The molecule has 34 heavy (non-hydrogen) atoms. The van der Waals surface area contributed by atoms with Gasteiger partial charge in [-0.25, -0.2) is 0 Å². The first kappa shape index (κ1) is 25.4. The quantitative estimate of drug-likeness (QED) is 0.345. The van der Waals surface area contributed by atoms with Crippen molar-refractivity contribution in [3.05, 3.63) is 66.0 Å². The summed E-state index contributed by atoms with van der Waals surface area (Å²) in [6.45, 7) is 9.84. The molecule has 0 spiro atoms. The molecule has 1 aliphatic heterocycles. The number of anilines is 1. The van der Waals surface area contributed by atoms with Gasteiger partial charge in [0.15, 0.2) is 5.69 Å². The number of hydrogen-bond donors (Lipinski definition) is 2. The Hall–Kier alpha value is -3.19. The Kier molecular flexibility index (Phi) is 9.64. The van der Waals surface area contributed by atoms with Crippen LogP contribution in [0.2, 0.25) is 0 Å². The zero-order valence-electron chi connectivity index (χ0n) is 20.3. The van der Waals surface area contributed by atoms with Crippen LogP contribution >= 0.6 is 0 Å². The van der Waals surface area contributed by atoms with Gasteiger partial charge in [-0.05, 0) is 49.5 Å². The number of allylic oxidation sites excluding steroid dienone is 3. The molecular weight excluding hydrogens is 428 g/mol. The predicted molar refractivity (Wildman–Crippen MR) is 136 cm³/mol. The summed E-state index contributed by atoms with van der Waals surface area (Å²) < 4.78 is 7.26. The molecular formula is C27H36N4O3. The van der Waals surface area contributed by atoms with Crippen molar-refractivity contribution in [2.75, 3.05) is 25.1 Å². The van der Waals surface area contributed by atoms with Crippen molar-refractivity contribution < 1.29 is 14.3 Å². The summed E-state index contributed by atoms with van der Waals surface area (Å²) in [5.41, 5.74) is 3.02. The third-order valence-electron chi connectivity index (χ3n) is 6.07. The molecule has 182 valence electrons. The van der Waals surface area contributed by atoms with Crippen LogP contribution in [0.25, 0.3) is 5.57 Å². The van der Waals surface area contributed by atoms with Gasteiger partial charge in [0.05, 0.1) is 11.7 Å². The molecule has 0 radical (unpaired) electrons. The number of carbonyl (C=O) groups excluding carboxylic acids is 2. The molecule has 7 heteroatoms. The van der Waals surface area contributed by atoms with Gasteiger partial charge in [0.1, 0.15) is 0 Å². The molecule has 2 amide bonds. The van der Waals surface area contributed by atoms with Crippen molar-refractivity contribution in [2.45, 2.75) is 58.4 Å². The highest BCUT2D eigenvalue weighted by atomic mass is 16.5. The van der Waals surface area contributed by atoms with Crippen LogP contribution in [-0.4, -0.2) is 41.4 Å². The van der Waals surface area contributed by atoms with Crippen LogP contribution in [0.1, 0.15) is 84.8 Å². The molecule has 7 nitrogen and oxygen atoms in total. The summed E-state index contributed by atoms with van der Waals surface area (Å²) in [6.07, 6.45) is 11.4. The molecule has 0 bridgehead atoms. The predicted octanol–water partition coefficient (Wildman–Crippen LogP) is 5.39. The maximum absolute atomic E-state index is 13.1. The first-order chi connectivity index (χ1) is 16.6. The van der Waals surface area contributed by atoms with E-state index in [-0.39, 0.29) is 23.6 Å². The van der Waals surface area contributed by atoms with Gasteiger partial charge in [-0.1, -0.05) is 57.0 Å². The van der Waals surface area contributed by atoms with E-state index >= 15 is 0 Å². The van der Waals surface area contributed by atoms with Gasteiger partial charge in [-0.2, -0.15) is 5.10 Å². The lowest BCUT2D eigenvalue weighted by Crippen LogP contribution is -2.27. The fourth-order valence-corrected chi connectivity index (χ4v) is 4.06. The van der Waals surface area contributed by atoms with E-state index < -0.39 is 0 Å². The van der Waals surface area contributed by atoms with Gasteiger partial charge in [0.2, 0.25) is 0 Å². The molecule has 0 saturated carbocycles. The Labute approximate surface area is 202 Å². The van der Waals surface area contributed by atoms with E-state index in [4.69, 9.17) is 4.74 Å². The Morgan fingerprint density at radius 1 is 1.18 bits per heavy atom. The van der Waals surface area contributed by atoms with Gasteiger partial charge in [0, 0.05) is 31.5 Å². The topological polar surface area (TPSA) is 85.2 Å². The molecule has 1 aromatic heterocycles. The van der Waals surface area contributed by atoms with Crippen molar-refractivity contribution in [3.63, 3.8) is 0 Å². The molecule has 3 rings (SSSR count). The fraction of sp³-hybridized carbons (Fsp3) is 0.444. The van der Waals surface area contributed by atoms with Crippen molar-refractivity contribution in [1.29, 1.82) is 0 Å². The van der Waals surface area contributed by atoms with Gasteiger partial charge >= 0.3 is 0 Å². The number of benzene rings is 1. The average molecular weight is 465 g/mol. The summed E-state index contributed by atoms with van der Waals surface area (Å²) in [5, 5.41) is 10.5. The van der Waals surface area contributed by atoms with Crippen LogP contribution in [0.4, 0.5) is 5.69 Å². The third-order valence-corrected chi connectivity index (χ3v) is 6.07. The first-order valence-electron chi connectivity index (χ1n) is 12.2. The number of carbonyl (C=O) groups is 2. The maximum Gasteiger partial charge on any atom is 0.273 e. The minimum absolute atomic E-state index is 0.142. The van der Waals surface area contributed by atoms with Crippen molar-refractivity contribution in [3.8, 4) is 0 Å². The highest BCUT2D eigenvalue weighted by Gasteiger charge is 2.23. The van der Waals surface area contributed by atoms with Gasteiger partial charge in [0.25, 0.3) is 11.8 Å². The monoisotopic (exact) mass is 464 g/mol. The number of amides is 2. The van der Waals surface area contributed by atoms with E-state index in [9.17, 15) is 9.59 Å². The van der Waals surface area contributed by atoms with Crippen molar-refractivity contribution in [2.24, 2.45) is 0 Å². The number of ether oxygens (including phenoxy) is 1. The normalized spacial score (nSPS) is 14.6. The second-order valence-corrected chi connectivity index (χ2v) is 8.51. The standard InChI is InChI=1S/C27H36N4O3/c1-4-7-8-9-15-28-27(33)25-24(19-31(30-25)23-13-16-34-17-14-23)29-26(32)22-12-10-11-21(18-22)20(5-2)6-3/h5-6,10-12,18-19,23H,2,4,7-9,13-17H2,1,3H3,(H,28,33)(H,29,32)/b20-6+. The van der Waals surface area contributed by atoms with E-state index in [1.807, 2.05) is 31.2 Å². The van der Waals surface area contributed by atoms with E-state index in [1.54, 1.807) is 23.0 Å². The molecule has 2 N–H and O–H groups in total. The second-order valence-electron chi connectivity index (χ2n) is 8.51. The van der Waals surface area contributed by atoms with Crippen molar-refractivity contribution in [1.82, 2.24) is 15.1 Å². The summed E-state index contributed by atoms with van der Waals surface area (Å²) >= 11 is 0. The minimum atomic E-state index is -0.287. The number of aromatic nitrogens is 2. The number of hydrogen-bond acceptors (Lipinski definition) is 4. The van der Waals surface area contributed by atoms with Crippen LogP contribution in [0.5, 0.6) is 0 Å². The van der Waals surface area contributed by atoms with E-state index in [1.165, 1.54) is 0 Å². The first-order valence-corrected chi connectivity index (χ1v) is 12.2. The molecule has 0 aliphatic carbocycles. The van der Waals surface area contributed by atoms with Crippen LogP contribution in [-0.2, 0) is 4.74 Å². The molecule has 0 unspecified atom stereocenters. The summed E-state index contributed by atoms with van der Waals surface area (Å²) in [5.74, 6) is -0.556. The molecule has 1 aromatic carbocycles. The lowest BCUT2D eigenvalue weighted by atomic mass is 10.0. The van der Waals surface area contributed by atoms with Gasteiger partial charge < -0.3 is 15.4 Å². The zero-order valence-corrected chi connectivity index (χ0v) is 20.3. The van der Waals surface area contributed by atoms with Crippen molar-refractivity contribution >= 4 is 23.1 Å². The molecule has 0 atom stereocenters. The summed E-state index contributed by atoms with van der Waals surface area (Å²) in [7, 11) is 0. The van der Waals surface area contributed by atoms with E-state index in [2.05, 4.69) is 29.2 Å². The number of rotatable bonds is 11. The van der Waals surface area contributed by atoms with Crippen LogP contribution in [0.15, 0.2) is 49.2 Å². The van der Waals surface area contributed by atoms with Gasteiger partial charge in [-0.15, -0.1) is 0 Å². The molecule has 1 saturated heterocycles. The minimum Gasteiger partial charge on any atom is -0.381 e. The number of nitrogens with one attached hydrogen (secondary N) is 2. The Balaban J connectivity index is 1.80. The Morgan fingerprint density at radius 3 is 2.65 bits per heavy atom. The highest BCUT2D eigenvalue weighted by Crippen LogP contribution is 2.25. The highest BCUT2D eigenvalue weighted by molar-refractivity contribution is 6.08. The molecule has 1 fully saturated rings. The second kappa shape index (κ2) is 12.9. The van der Waals surface area contributed by atoms with Gasteiger partial charge in [-0.3, -0.25) is 14.3 Å². The van der Waals surface area contributed by atoms with Crippen LogP contribution < -0.4 is 10.6 Å². The molecule has 1 aliphatic rings. The van der Waals surface area contributed by atoms with E-state index in [0.29, 0.717) is 31.0 Å². The number of unbranched alkanes of at least 4 members (excludes halogenated alkanes) is 3. The molecule has 2 aromatic rings. The smallest absolute Gasteiger partial charge is 0.273 e. The SMILES string of the molecule is C=C/C(=C\C)c1cccc(C(=O)Nc2cn(C3CCOCC3)nc2C(=O)NCCCCCC)c1. The summed E-state index contributed by atoms with van der Waals surface area (Å²) in [4.78, 5) is 26.1. The van der Waals surface area contributed by atoms with Crippen LogP contribution in [0, 0.1) is 0 Å². The lowest BCUT2D eigenvalue weighted by Gasteiger charge is -2.22. The maximum atomic E-state index is 13.1.